The molecule has 0 unspecified atom stereocenters. The van der Waals surface area contributed by atoms with Crippen molar-refractivity contribution in [2.45, 2.75) is 31.3 Å². The first kappa shape index (κ1) is 28.8. The van der Waals surface area contributed by atoms with E-state index < -0.39 is 22.2 Å². The van der Waals surface area contributed by atoms with Gasteiger partial charge in [0.15, 0.2) is 0 Å². The summed E-state index contributed by atoms with van der Waals surface area (Å²) in [5.41, 5.74) is 1.72. The van der Waals surface area contributed by atoms with Gasteiger partial charge in [-0.05, 0) is 25.5 Å². The van der Waals surface area contributed by atoms with Crippen LogP contribution in [-0.4, -0.2) is 93.8 Å². The number of amides is 1. The zero-order valence-electron chi connectivity index (χ0n) is 18.8. The fourth-order valence-electron chi connectivity index (χ4n) is 3.07. The summed E-state index contributed by atoms with van der Waals surface area (Å²) in [6, 6.07) is 5.28. The summed E-state index contributed by atoms with van der Waals surface area (Å²) in [6.45, 7) is 7.27. The predicted octanol–water partition coefficient (Wildman–Crippen LogP) is 1.40. The first-order valence-electron chi connectivity index (χ1n) is 10.2. The zero-order chi connectivity index (χ0) is 25.2. The summed E-state index contributed by atoms with van der Waals surface area (Å²) < 4.78 is 64.3. The predicted molar refractivity (Wildman–Crippen MR) is 114 cm³/mol. The number of alkyl halides is 3. The van der Waals surface area contributed by atoms with E-state index in [2.05, 4.69) is 5.32 Å². The summed E-state index contributed by atoms with van der Waals surface area (Å²) in [4.78, 5) is 23.4. The van der Waals surface area contributed by atoms with Crippen molar-refractivity contribution in [2.75, 3.05) is 53.0 Å². The molecule has 13 heteroatoms. The molecular formula is C20H30F3N3O6S. The Morgan fingerprint density at radius 1 is 1.18 bits per heavy atom. The molecule has 1 saturated heterocycles. The maximum atomic E-state index is 13.1. The van der Waals surface area contributed by atoms with Gasteiger partial charge in [-0.3, -0.25) is 4.79 Å². The summed E-state index contributed by atoms with van der Waals surface area (Å²) in [7, 11) is -2.14. The van der Waals surface area contributed by atoms with Gasteiger partial charge in [0.2, 0.25) is 15.9 Å². The van der Waals surface area contributed by atoms with Gasteiger partial charge < -0.3 is 20.1 Å². The number of hydrogen-bond donors (Lipinski definition) is 2. The van der Waals surface area contributed by atoms with Crippen molar-refractivity contribution in [1.82, 2.24) is 14.5 Å². The Balaban J connectivity index is 0.000000675. The quantitative estimate of drug-likeness (QED) is 0.558. The van der Waals surface area contributed by atoms with Crippen molar-refractivity contribution < 1.29 is 41.0 Å². The molecule has 188 valence electrons. The molecule has 0 saturated carbocycles. The third-order valence-electron chi connectivity index (χ3n) is 4.78. The average Bonchev–Trinajstić information content (AvgIpc) is 2.73. The summed E-state index contributed by atoms with van der Waals surface area (Å²) in [6.07, 6.45) is -4.91. The number of rotatable bonds is 8. The third-order valence-corrected chi connectivity index (χ3v) is 6.84. The van der Waals surface area contributed by atoms with Crippen LogP contribution in [0, 0.1) is 13.8 Å². The van der Waals surface area contributed by atoms with Crippen LogP contribution in [-0.2, 0) is 24.3 Å². The highest BCUT2D eigenvalue weighted by atomic mass is 32.2. The SMILES string of the molecule is COCCN(CCC(=O)N1CCNCC1)S(=O)(=O)c1ccc(C)cc1C.O=C(O)C(F)(F)F. The maximum Gasteiger partial charge on any atom is 0.490 e. The van der Waals surface area contributed by atoms with E-state index in [1.54, 1.807) is 24.0 Å². The van der Waals surface area contributed by atoms with E-state index in [4.69, 9.17) is 14.6 Å². The Kier molecular flexibility index (Phi) is 11.2. The van der Waals surface area contributed by atoms with Crippen LogP contribution in [0.2, 0.25) is 0 Å². The number of piperazine rings is 1. The Bertz CT molecular complexity index is 903. The molecule has 1 fully saturated rings. The Hall–Kier alpha value is -2.22. The molecule has 1 aromatic carbocycles. The lowest BCUT2D eigenvalue weighted by molar-refractivity contribution is -0.192. The lowest BCUT2D eigenvalue weighted by Crippen LogP contribution is -2.47. The van der Waals surface area contributed by atoms with Crippen molar-refractivity contribution in [3.63, 3.8) is 0 Å². The lowest BCUT2D eigenvalue weighted by atomic mass is 10.2. The van der Waals surface area contributed by atoms with Crippen LogP contribution in [0.25, 0.3) is 0 Å². The first-order chi connectivity index (χ1) is 15.3. The van der Waals surface area contributed by atoms with Gasteiger partial charge in [-0.1, -0.05) is 17.7 Å². The average molecular weight is 498 g/mol. The van der Waals surface area contributed by atoms with E-state index in [1.807, 2.05) is 13.0 Å². The van der Waals surface area contributed by atoms with Crippen LogP contribution < -0.4 is 5.32 Å². The zero-order valence-corrected chi connectivity index (χ0v) is 19.6. The number of nitrogens with zero attached hydrogens (tertiary/aromatic N) is 2. The second-order valence-corrected chi connectivity index (χ2v) is 9.26. The Labute approximate surface area is 191 Å². The molecule has 1 aromatic rings. The molecule has 0 aliphatic carbocycles. The van der Waals surface area contributed by atoms with Gasteiger partial charge in [0.25, 0.3) is 0 Å². The minimum Gasteiger partial charge on any atom is -0.475 e. The third kappa shape index (κ3) is 9.27. The molecule has 0 atom stereocenters. The standard InChI is InChI=1S/C18H29N3O4S.C2HF3O2/c1-15-4-5-17(16(2)14-15)26(23,24)21(12-13-25-3)9-6-18(22)20-10-7-19-8-11-20;3-2(4,5)1(6)7/h4-5,14,19H,6-13H2,1-3H3;(H,6,7). The molecule has 0 aromatic heterocycles. The van der Waals surface area contributed by atoms with Crippen LogP contribution in [0.5, 0.6) is 0 Å². The number of halogens is 3. The molecule has 2 N–H and O–H groups in total. The number of aliphatic carboxylic acids is 1. The summed E-state index contributed by atoms with van der Waals surface area (Å²) in [5, 5.41) is 10.3. The second kappa shape index (κ2) is 12.9. The number of carbonyl (C=O) groups is 2. The van der Waals surface area contributed by atoms with Crippen molar-refractivity contribution in [3.05, 3.63) is 29.3 Å². The van der Waals surface area contributed by atoms with Crippen LogP contribution in [0.1, 0.15) is 17.5 Å². The lowest BCUT2D eigenvalue weighted by Gasteiger charge is -2.29. The molecule has 9 nitrogen and oxygen atoms in total. The van der Waals surface area contributed by atoms with Crippen molar-refractivity contribution in [1.29, 1.82) is 0 Å². The minimum atomic E-state index is -5.08. The minimum absolute atomic E-state index is 0.00950. The second-order valence-electron chi connectivity index (χ2n) is 7.35. The molecule has 1 aliphatic heterocycles. The molecular weight excluding hydrogens is 467 g/mol. The number of benzene rings is 1. The van der Waals surface area contributed by atoms with E-state index >= 15 is 0 Å². The van der Waals surface area contributed by atoms with Gasteiger partial charge in [-0.25, -0.2) is 13.2 Å². The van der Waals surface area contributed by atoms with Crippen LogP contribution in [0.3, 0.4) is 0 Å². The highest BCUT2D eigenvalue weighted by Gasteiger charge is 2.38. The van der Waals surface area contributed by atoms with Gasteiger partial charge in [-0.2, -0.15) is 17.5 Å². The number of carbonyl (C=O) groups excluding carboxylic acids is 1. The molecule has 0 bridgehead atoms. The number of hydrogen-bond acceptors (Lipinski definition) is 6. The monoisotopic (exact) mass is 497 g/mol. The van der Waals surface area contributed by atoms with Gasteiger partial charge in [0, 0.05) is 52.8 Å². The highest BCUT2D eigenvalue weighted by molar-refractivity contribution is 7.89. The van der Waals surface area contributed by atoms with Gasteiger partial charge in [0.1, 0.15) is 0 Å². The largest absolute Gasteiger partial charge is 0.490 e. The van der Waals surface area contributed by atoms with Crippen LogP contribution in [0.4, 0.5) is 13.2 Å². The first-order valence-corrected chi connectivity index (χ1v) is 11.6. The van der Waals surface area contributed by atoms with E-state index in [1.165, 1.54) is 11.4 Å². The Morgan fingerprint density at radius 3 is 2.24 bits per heavy atom. The molecule has 1 aliphatic rings. The van der Waals surface area contributed by atoms with Crippen LogP contribution in [0.15, 0.2) is 23.1 Å². The number of nitrogens with one attached hydrogen (secondary N) is 1. The molecule has 2 rings (SSSR count). The summed E-state index contributed by atoms with van der Waals surface area (Å²) >= 11 is 0. The normalized spacial score (nSPS) is 14.6. The molecule has 33 heavy (non-hydrogen) atoms. The van der Waals surface area contributed by atoms with Crippen molar-refractivity contribution in [2.24, 2.45) is 0 Å². The summed E-state index contributed by atoms with van der Waals surface area (Å²) in [5.74, 6) is -2.77. The Morgan fingerprint density at radius 2 is 1.76 bits per heavy atom. The molecule has 0 spiro atoms. The molecule has 0 radical (unpaired) electrons. The number of sulfonamides is 1. The number of carboxylic acid groups (broad SMARTS) is 1. The van der Waals surface area contributed by atoms with Crippen molar-refractivity contribution >= 4 is 21.9 Å². The number of carboxylic acids is 1. The van der Waals surface area contributed by atoms with E-state index in [-0.39, 0.29) is 36.9 Å². The fraction of sp³-hybridized carbons (Fsp3) is 0.600. The topological polar surface area (TPSA) is 116 Å². The van der Waals surface area contributed by atoms with E-state index in [0.717, 1.165) is 18.7 Å². The number of ether oxygens (including phenoxy) is 1. The molecule has 1 heterocycles. The van der Waals surface area contributed by atoms with Gasteiger partial charge in [0.05, 0.1) is 11.5 Å². The highest BCUT2D eigenvalue weighted by Crippen LogP contribution is 2.21. The van der Waals surface area contributed by atoms with Gasteiger partial charge >= 0.3 is 12.1 Å². The van der Waals surface area contributed by atoms with E-state index in [9.17, 15) is 26.4 Å². The smallest absolute Gasteiger partial charge is 0.475 e. The molecule has 1 amide bonds. The fourth-order valence-corrected chi connectivity index (χ4v) is 4.70. The van der Waals surface area contributed by atoms with Crippen LogP contribution >= 0.6 is 0 Å². The number of aryl methyl sites for hydroxylation is 2. The maximum absolute atomic E-state index is 13.1. The van der Waals surface area contributed by atoms with Crippen molar-refractivity contribution in [3.8, 4) is 0 Å². The van der Waals surface area contributed by atoms with Gasteiger partial charge in [-0.15, -0.1) is 0 Å². The van der Waals surface area contributed by atoms with E-state index in [0.29, 0.717) is 18.7 Å². The number of methoxy groups -OCH3 is 1.